The van der Waals surface area contributed by atoms with E-state index in [0.29, 0.717) is 45.9 Å². The quantitative estimate of drug-likeness (QED) is 0.678. The fourth-order valence-corrected chi connectivity index (χ4v) is 5.24. The van der Waals surface area contributed by atoms with E-state index in [9.17, 15) is 18.0 Å². The highest BCUT2D eigenvalue weighted by Gasteiger charge is 2.30. The molecular formula is C20H28ClN3O5S. The number of benzene rings is 1. The maximum atomic E-state index is 13.0. The number of carbonyl (C=O) groups excluding carboxylic acids is 2. The van der Waals surface area contributed by atoms with Crippen LogP contribution < -0.4 is 0 Å². The maximum Gasteiger partial charge on any atom is 0.409 e. The van der Waals surface area contributed by atoms with Crippen molar-refractivity contribution in [2.75, 3.05) is 45.9 Å². The van der Waals surface area contributed by atoms with Gasteiger partial charge in [-0.05, 0) is 37.0 Å². The van der Waals surface area contributed by atoms with Crippen molar-refractivity contribution >= 4 is 33.6 Å². The monoisotopic (exact) mass is 457 g/mol. The topological polar surface area (TPSA) is 87.2 Å². The maximum absolute atomic E-state index is 13.0. The Bertz CT molecular complexity index is 892. The number of rotatable bonds is 5. The highest BCUT2D eigenvalue weighted by atomic mass is 35.5. The second kappa shape index (κ2) is 9.53. The molecule has 8 nitrogen and oxygen atoms in total. The average Bonchev–Trinajstić information content (AvgIpc) is 3.27. The Morgan fingerprint density at radius 1 is 1.03 bits per heavy atom. The second-order valence-electron chi connectivity index (χ2n) is 8.00. The number of hydrogen-bond acceptors (Lipinski definition) is 5. The average molecular weight is 458 g/mol. The summed E-state index contributed by atoms with van der Waals surface area (Å²) in [6, 6.07) is 4.26. The number of sulfonamides is 1. The van der Waals surface area contributed by atoms with Crippen molar-refractivity contribution in [1.82, 2.24) is 14.1 Å². The lowest BCUT2D eigenvalue weighted by atomic mass is 10.2. The van der Waals surface area contributed by atoms with E-state index in [-0.39, 0.29) is 33.4 Å². The first kappa shape index (κ1) is 22.8. The van der Waals surface area contributed by atoms with Crippen molar-refractivity contribution in [2.45, 2.75) is 31.6 Å². The van der Waals surface area contributed by atoms with E-state index in [0.717, 1.165) is 12.8 Å². The fraction of sp³-hybridized carbons (Fsp3) is 0.600. The van der Waals surface area contributed by atoms with Crippen molar-refractivity contribution in [3.8, 4) is 0 Å². The van der Waals surface area contributed by atoms with Gasteiger partial charge >= 0.3 is 6.09 Å². The van der Waals surface area contributed by atoms with Crippen LogP contribution in [0.25, 0.3) is 0 Å². The van der Waals surface area contributed by atoms with Gasteiger partial charge in [0.15, 0.2) is 0 Å². The van der Waals surface area contributed by atoms with Gasteiger partial charge in [0, 0.05) is 39.3 Å². The van der Waals surface area contributed by atoms with Gasteiger partial charge in [-0.2, -0.15) is 4.31 Å². The number of amides is 2. The van der Waals surface area contributed by atoms with Gasteiger partial charge in [-0.15, -0.1) is 0 Å². The summed E-state index contributed by atoms with van der Waals surface area (Å²) in [7, 11) is -3.64. The van der Waals surface area contributed by atoms with E-state index in [1.807, 2.05) is 13.8 Å². The van der Waals surface area contributed by atoms with E-state index in [2.05, 4.69) is 0 Å². The summed E-state index contributed by atoms with van der Waals surface area (Å²) in [5.41, 5.74) is 0.160. The Kier molecular flexibility index (Phi) is 7.26. The lowest BCUT2D eigenvalue weighted by molar-refractivity contribution is 0.0535. The molecule has 2 heterocycles. The third-order valence-electron chi connectivity index (χ3n) is 5.24. The fourth-order valence-electron chi connectivity index (χ4n) is 3.50. The van der Waals surface area contributed by atoms with E-state index in [4.69, 9.17) is 16.3 Å². The molecular weight excluding hydrogens is 430 g/mol. The predicted octanol–water partition coefficient (Wildman–Crippen LogP) is 2.67. The summed E-state index contributed by atoms with van der Waals surface area (Å²) < 4.78 is 32.3. The van der Waals surface area contributed by atoms with Gasteiger partial charge in [-0.3, -0.25) is 4.79 Å². The molecule has 0 bridgehead atoms. The van der Waals surface area contributed by atoms with Gasteiger partial charge in [-0.1, -0.05) is 25.4 Å². The smallest absolute Gasteiger partial charge is 0.409 e. The van der Waals surface area contributed by atoms with E-state index in [1.54, 1.807) is 9.80 Å². The Morgan fingerprint density at radius 3 is 2.23 bits per heavy atom. The van der Waals surface area contributed by atoms with E-state index in [1.165, 1.54) is 22.5 Å². The lowest BCUT2D eigenvalue weighted by Gasteiger charge is -2.34. The van der Waals surface area contributed by atoms with Crippen LogP contribution in [0.1, 0.15) is 37.0 Å². The molecule has 2 fully saturated rings. The molecule has 0 unspecified atom stereocenters. The van der Waals surface area contributed by atoms with Crippen LogP contribution in [0.4, 0.5) is 4.79 Å². The van der Waals surface area contributed by atoms with Crippen LogP contribution in [0.3, 0.4) is 0 Å². The zero-order chi connectivity index (χ0) is 21.9. The molecule has 2 aliphatic rings. The minimum absolute atomic E-state index is 0.0769. The van der Waals surface area contributed by atoms with Gasteiger partial charge in [0.2, 0.25) is 10.0 Å². The SMILES string of the molecule is CC(C)COC(=O)N1CCN(C(=O)c2cc(S(=O)(=O)N3CCCC3)ccc2Cl)CC1. The molecule has 0 aromatic heterocycles. The summed E-state index contributed by atoms with van der Waals surface area (Å²) in [5, 5.41) is 0.208. The molecule has 0 atom stereocenters. The van der Waals surface area contributed by atoms with E-state index < -0.39 is 10.0 Å². The zero-order valence-corrected chi connectivity index (χ0v) is 18.9. The van der Waals surface area contributed by atoms with Crippen molar-refractivity contribution in [3.63, 3.8) is 0 Å². The first-order valence-corrected chi connectivity index (χ1v) is 12.0. The van der Waals surface area contributed by atoms with Crippen molar-refractivity contribution in [2.24, 2.45) is 5.92 Å². The molecule has 10 heteroatoms. The number of ether oxygens (including phenoxy) is 1. The second-order valence-corrected chi connectivity index (χ2v) is 10.3. The van der Waals surface area contributed by atoms with Gasteiger partial charge in [0.05, 0.1) is 22.1 Å². The van der Waals surface area contributed by atoms with Crippen LogP contribution in [-0.4, -0.2) is 80.4 Å². The Balaban J connectivity index is 1.68. The zero-order valence-electron chi connectivity index (χ0n) is 17.3. The summed E-state index contributed by atoms with van der Waals surface area (Å²) in [6.45, 7) is 6.62. The highest BCUT2D eigenvalue weighted by Crippen LogP contribution is 2.26. The molecule has 0 saturated carbocycles. The molecule has 0 radical (unpaired) electrons. The Labute approximate surface area is 182 Å². The molecule has 3 rings (SSSR count). The number of nitrogens with zero attached hydrogens (tertiary/aromatic N) is 3. The number of carbonyl (C=O) groups is 2. The van der Waals surface area contributed by atoms with Gasteiger partial charge in [-0.25, -0.2) is 13.2 Å². The molecule has 0 N–H and O–H groups in total. The van der Waals surface area contributed by atoms with Gasteiger partial charge in [0.1, 0.15) is 0 Å². The van der Waals surface area contributed by atoms with Crippen molar-refractivity contribution in [3.05, 3.63) is 28.8 Å². The Morgan fingerprint density at radius 2 is 1.63 bits per heavy atom. The van der Waals surface area contributed by atoms with Crippen LogP contribution in [0, 0.1) is 5.92 Å². The summed E-state index contributed by atoms with van der Waals surface area (Å²) in [5.74, 6) is -0.0863. The van der Waals surface area contributed by atoms with Crippen LogP contribution in [0.5, 0.6) is 0 Å². The molecule has 30 heavy (non-hydrogen) atoms. The number of halogens is 1. The van der Waals surface area contributed by atoms with Gasteiger partial charge < -0.3 is 14.5 Å². The van der Waals surface area contributed by atoms with Crippen LogP contribution in [0.15, 0.2) is 23.1 Å². The molecule has 0 spiro atoms. The minimum atomic E-state index is -3.64. The molecule has 2 amide bonds. The van der Waals surface area contributed by atoms with Crippen LogP contribution >= 0.6 is 11.6 Å². The molecule has 0 aliphatic carbocycles. The van der Waals surface area contributed by atoms with Crippen LogP contribution in [-0.2, 0) is 14.8 Å². The summed E-state index contributed by atoms with van der Waals surface area (Å²) in [6.07, 6.45) is 1.29. The van der Waals surface area contributed by atoms with Crippen molar-refractivity contribution in [1.29, 1.82) is 0 Å². The number of hydrogen-bond donors (Lipinski definition) is 0. The lowest BCUT2D eigenvalue weighted by Crippen LogP contribution is -2.50. The third-order valence-corrected chi connectivity index (χ3v) is 7.46. The standard InChI is InChI=1S/C20H28ClN3O5S/c1-15(2)14-29-20(26)23-11-9-22(10-12-23)19(25)17-13-16(5-6-18(17)21)30(27,28)24-7-3-4-8-24/h5-6,13,15H,3-4,7-12,14H2,1-2H3. The number of piperazine rings is 1. The van der Waals surface area contributed by atoms with Crippen molar-refractivity contribution < 1.29 is 22.7 Å². The van der Waals surface area contributed by atoms with Crippen LogP contribution in [0.2, 0.25) is 5.02 Å². The molecule has 1 aromatic rings. The summed E-state index contributed by atoms with van der Waals surface area (Å²) in [4.78, 5) is 28.3. The van der Waals surface area contributed by atoms with Gasteiger partial charge in [0.25, 0.3) is 5.91 Å². The van der Waals surface area contributed by atoms with E-state index >= 15 is 0 Å². The first-order valence-electron chi connectivity index (χ1n) is 10.2. The normalized spacial score (nSPS) is 18.1. The summed E-state index contributed by atoms with van der Waals surface area (Å²) >= 11 is 6.23. The largest absolute Gasteiger partial charge is 0.449 e. The predicted molar refractivity (Wildman–Crippen MR) is 113 cm³/mol. The molecule has 2 aliphatic heterocycles. The third kappa shape index (κ3) is 5.07. The molecule has 2 saturated heterocycles. The highest BCUT2D eigenvalue weighted by molar-refractivity contribution is 7.89. The minimum Gasteiger partial charge on any atom is -0.449 e. The molecule has 166 valence electrons. The molecule has 1 aromatic carbocycles. The Hall–Kier alpha value is -1.84. The first-order chi connectivity index (χ1) is 14.2.